The van der Waals surface area contributed by atoms with Crippen LogP contribution in [0.25, 0.3) is 10.8 Å². The Morgan fingerprint density at radius 3 is 2.75 bits per heavy atom. The normalized spacial score (nSPS) is 20.1. The lowest BCUT2D eigenvalue weighted by atomic mass is 10.0. The topological polar surface area (TPSA) is 32.3 Å². The number of aliphatic hydroxyl groups is 1. The van der Waals surface area contributed by atoms with E-state index in [0.29, 0.717) is 12.6 Å². The molecule has 0 saturated carbocycles. The summed E-state index contributed by atoms with van der Waals surface area (Å²) in [5.74, 6) is 0. The summed E-state index contributed by atoms with van der Waals surface area (Å²) in [7, 11) is 0. The van der Waals surface area contributed by atoms with E-state index in [9.17, 15) is 5.11 Å². The van der Waals surface area contributed by atoms with Crippen LogP contribution in [0.4, 0.5) is 0 Å². The zero-order valence-electron chi connectivity index (χ0n) is 11.6. The number of hydrogen-bond donors (Lipinski definition) is 2. The van der Waals surface area contributed by atoms with Crippen LogP contribution in [0.15, 0.2) is 54.6 Å². The molecule has 0 amide bonds. The molecule has 0 spiro atoms. The average molecular weight is 267 g/mol. The van der Waals surface area contributed by atoms with Crippen molar-refractivity contribution in [1.29, 1.82) is 0 Å². The van der Waals surface area contributed by atoms with E-state index in [1.54, 1.807) is 0 Å². The number of rotatable bonds is 4. The van der Waals surface area contributed by atoms with E-state index in [2.05, 4.69) is 41.7 Å². The molecule has 0 aromatic heterocycles. The van der Waals surface area contributed by atoms with E-state index >= 15 is 0 Å². The smallest absolute Gasteiger partial charge is 0.0914 e. The van der Waals surface area contributed by atoms with Gasteiger partial charge in [-0.05, 0) is 41.7 Å². The van der Waals surface area contributed by atoms with E-state index in [4.69, 9.17) is 0 Å². The van der Waals surface area contributed by atoms with E-state index in [-0.39, 0.29) is 0 Å². The molecule has 2 heteroatoms. The van der Waals surface area contributed by atoms with Crippen molar-refractivity contribution < 1.29 is 5.11 Å². The summed E-state index contributed by atoms with van der Waals surface area (Å²) in [6.45, 7) is 0.622. The minimum atomic E-state index is -0.439. The molecule has 0 heterocycles. The molecule has 3 rings (SSSR count). The summed E-state index contributed by atoms with van der Waals surface area (Å²) in [5, 5.41) is 16.2. The Morgan fingerprint density at radius 1 is 1.10 bits per heavy atom. The van der Waals surface area contributed by atoms with Gasteiger partial charge in [0.15, 0.2) is 0 Å². The Morgan fingerprint density at radius 2 is 1.95 bits per heavy atom. The lowest BCUT2D eigenvalue weighted by molar-refractivity contribution is 0.169. The van der Waals surface area contributed by atoms with Gasteiger partial charge in [0.25, 0.3) is 0 Å². The lowest BCUT2D eigenvalue weighted by Crippen LogP contribution is -2.33. The third kappa shape index (κ3) is 3.09. The third-order valence-electron chi connectivity index (χ3n) is 4.03. The Hall–Kier alpha value is -1.64. The predicted octanol–water partition coefficient (Wildman–Crippen LogP) is 3.57. The Kier molecular flexibility index (Phi) is 4.14. The first-order valence-corrected chi connectivity index (χ1v) is 7.38. The summed E-state index contributed by atoms with van der Waals surface area (Å²) in [5.41, 5.74) is 0.988. The lowest BCUT2D eigenvalue weighted by Gasteiger charge is -2.21. The standard InChI is InChI=1S/C18H21NO/c20-18(13-19-17-8-2-1-3-9-17)16-11-10-14-6-4-5-7-15(14)12-16/h1-2,4-7,10-12,17-20H,3,8-9,13H2. The third-order valence-corrected chi connectivity index (χ3v) is 4.03. The molecule has 2 atom stereocenters. The zero-order chi connectivity index (χ0) is 13.8. The second-order valence-corrected chi connectivity index (χ2v) is 5.51. The molecule has 2 unspecified atom stereocenters. The second kappa shape index (κ2) is 6.21. The maximum absolute atomic E-state index is 10.3. The summed E-state index contributed by atoms with van der Waals surface area (Å²) in [6, 6.07) is 15.0. The van der Waals surface area contributed by atoms with Gasteiger partial charge in [0.1, 0.15) is 0 Å². The first-order chi connectivity index (χ1) is 9.83. The Balaban J connectivity index is 1.65. The van der Waals surface area contributed by atoms with Crippen LogP contribution in [0, 0.1) is 0 Å². The highest BCUT2D eigenvalue weighted by Crippen LogP contribution is 2.20. The van der Waals surface area contributed by atoms with E-state index < -0.39 is 6.10 Å². The van der Waals surface area contributed by atoms with E-state index in [1.807, 2.05) is 18.2 Å². The molecule has 0 radical (unpaired) electrons. The van der Waals surface area contributed by atoms with Crippen LogP contribution in [0.1, 0.15) is 30.9 Å². The SMILES string of the molecule is OC(CNC1CC=CCC1)c1ccc2ccccc2c1. The van der Waals surface area contributed by atoms with Gasteiger partial charge in [-0.1, -0.05) is 48.6 Å². The van der Waals surface area contributed by atoms with Gasteiger partial charge >= 0.3 is 0 Å². The molecular formula is C18H21NO. The number of fused-ring (bicyclic) bond motifs is 1. The Labute approximate surface area is 120 Å². The molecule has 2 nitrogen and oxygen atoms in total. The maximum Gasteiger partial charge on any atom is 0.0914 e. The molecule has 1 aliphatic carbocycles. The van der Waals surface area contributed by atoms with E-state index in [0.717, 1.165) is 18.4 Å². The molecule has 0 aliphatic heterocycles. The molecule has 0 saturated heterocycles. The van der Waals surface area contributed by atoms with Crippen LogP contribution in [0.2, 0.25) is 0 Å². The predicted molar refractivity (Wildman–Crippen MR) is 83.7 cm³/mol. The number of hydrogen-bond acceptors (Lipinski definition) is 2. The molecule has 1 aliphatic rings. The van der Waals surface area contributed by atoms with Crippen LogP contribution in [-0.4, -0.2) is 17.7 Å². The highest BCUT2D eigenvalue weighted by molar-refractivity contribution is 5.83. The van der Waals surface area contributed by atoms with Crippen LogP contribution in [-0.2, 0) is 0 Å². The van der Waals surface area contributed by atoms with Gasteiger partial charge in [-0.25, -0.2) is 0 Å². The van der Waals surface area contributed by atoms with Crippen molar-refractivity contribution in [2.45, 2.75) is 31.4 Å². The Bertz CT molecular complexity index is 605. The van der Waals surface area contributed by atoms with Crippen molar-refractivity contribution in [2.24, 2.45) is 0 Å². The molecule has 2 aromatic carbocycles. The summed E-state index contributed by atoms with van der Waals surface area (Å²) in [6.07, 6.45) is 7.40. The van der Waals surface area contributed by atoms with Crippen LogP contribution < -0.4 is 5.32 Å². The molecule has 0 bridgehead atoms. The number of allylic oxidation sites excluding steroid dienone is 1. The van der Waals surface area contributed by atoms with Crippen LogP contribution in [0.3, 0.4) is 0 Å². The molecule has 2 N–H and O–H groups in total. The monoisotopic (exact) mass is 267 g/mol. The average Bonchev–Trinajstić information content (AvgIpc) is 2.53. The molecule has 0 fully saturated rings. The number of benzene rings is 2. The first kappa shape index (κ1) is 13.3. The van der Waals surface area contributed by atoms with Crippen LogP contribution in [0.5, 0.6) is 0 Å². The van der Waals surface area contributed by atoms with Gasteiger partial charge in [0.05, 0.1) is 6.10 Å². The van der Waals surface area contributed by atoms with Gasteiger partial charge in [-0.15, -0.1) is 0 Å². The van der Waals surface area contributed by atoms with Gasteiger partial charge in [0.2, 0.25) is 0 Å². The number of aliphatic hydroxyl groups excluding tert-OH is 1. The molecule has 20 heavy (non-hydrogen) atoms. The van der Waals surface area contributed by atoms with Crippen molar-refractivity contribution in [3.63, 3.8) is 0 Å². The van der Waals surface area contributed by atoms with Crippen LogP contribution >= 0.6 is 0 Å². The zero-order valence-corrected chi connectivity index (χ0v) is 11.6. The fourth-order valence-electron chi connectivity index (χ4n) is 2.79. The minimum absolute atomic E-state index is 0.439. The van der Waals surface area contributed by atoms with Crippen molar-refractivity contribution in [3.05, 3.63) is 60.2 Å². The summed E-state index contributed by atoms with van der Waals surface area (Å²) < 4.78 is 0. The van der Waals surface area contributed by atoms with Gasteiger partial charge in [0, 0.05) is 12.6 Å². The maximum atomic E-state index is 10.3. The van der Waals surface area contributed by atoms with Crippen molar-refractivity contribution >= 4 is 10.8 Å². The van der Waals surface area contributed by atoms with Gasteiger partial charge in [-0.3, -0.25) is 0 Å². The van der Waals surface area contributed by atoms with Crippen molar-refractivity contribution in [1.82, 2.24) is 5.32 Å². The molecule has 2 aromatic rings. The molecular weight excluding hydrogens is 246 g/mol. The second-order valence-electron chi connectivity index (χ2n) is 5.51. The quantitative estimate of drug-likeness (QED) is 0.830. The first-order valence-electron chi connectivity index (χ1n) is 7.38. The molecule has 104 valence electrons. The largest absolute Gasteiger partial charge is 0.387 e. The highest BCUT2D eigenvalue weighted by atomic mass is 16.3. The van der Waals surface area contributed by atoms with Crippen molar-refractivity contribution in [3.8, 4) is 0 Å². The van der Waals surface area contributed by atoms with Gasteiger partial charge in [-0.2, -0.15) is 0 Å². The highest BCUT2D eigenvalue weighted by Gasteiger charge is 2.13. The van der Waals surface area contributed by atoms with Gasteiger partial charge < -0.3 is 10.4 Å². The fraction of sp³-hybridized carbons (Fsp3) is 0.333. The summed E-state index contributed by atoms with van der Waals surface area (Å²) >= 11 is 0. The fourth-order valence-corrected chi connectivity index (χ4v) is 2.79. The minimum Gasteiger partial charge on any atom is -0.387 e. The summed E-state index contributed by atoms with van der Waals surface area (Å²) in [4.78, 5) is 0. The van der Waals surface area contributed by atoms with Crippen molar-refractivity contribution in [2.75, 3.05) is 6.54 Å². The number of nitrogens with one attached hydrogen (secondary N) is 1. The van der Waals surface area contributed by atoms with E-state index in [1.165, 1.54) is 17.2 Å².